The second kappa shape index (κ2) is 8.67. The third-order valence-electron chi connectivity index (χ3n) is 5.14. The molecule has 10 nitrogen and oxygen atoms in total. The van der Waals surface area contributed by atoms with E-state index in [1.807, 2.05) is 51.5 Å². The number of nitrogens with two attached hydrogens (primary N) is 1. The molecule has 166 valence electrons. The zero-order valence-electron chi connectivity index (χ0n) is 18.2. The van der Waals surface area contributed by atoms with E-state index < -0.39 is 11.8 Å². The Bertz CT molecular complexity index is 1280. The van der Waals surface area contributed by atoms with Crippen molar-refractivity contribution in [3.63, 3.8) is 0 Å². The molecule has 0 aliphatic heterocycles. The second-order valence-electron chi connectivity index (χ2n) is 7.65. The zero-order chi connectivity index (χ0) is 22.8. The van der Waals surface area contributed by atoms with E-state index in [0.717, 1.165) is 29.6 Å². The standard InChI is InChI=1S/C22H25N7O3/c1-4-29-12-16(19(26-29)20(23)30)24-21(31)17-13-32-22(25-17)15-6-5-7-18-14(15)8-9-28(18)11-10-27(2)3/h5-9,12-13H,4,10-11H2,1-3H3,(H2,23,30)(H,24,31). The van der Waals surface area contributed by atoms with Crippen molar-refractivity contribution in [1.82, 2.24) is 24.2 Å². The van der Waals surface area contributed by atoms with Crippen molar-refractivity contribution in [2.24, 2.45) is 5.73 Å². The summed E-state index contributed by atoms with van der Waals surface area (Å²) in [5.74, 6) is -0.904. The Morgan fingerprint density at radius 3 is 2.78 bits per heavy atom. The molecule has 0 unspecified atom stereocenters. The Labute approximate surface area is 184 Å². The second-order valence-corrected chi connectivity index (χ2v) is 7.65. The Kier molecular flexibility index (Phi) is 5.78. The lowest BCUT2D eigenvalue weighted by Gasteiger charge is -2.11. The summed E-state index contributed by atoms with van der Waals surface area (Å²) in [5.41, 5.74) is 7.53. The number of aromatic nitrogens is 4. The molecular formula is C22H25N7O3. The number of anilines is 1. The molecule has 32 heavy (non-hydrogen) atoms. The monoisotopic (exact) mass is 435 g/mol. The van der Waals surface area contributed by atoms with Crippen LogP contribution < -0.4 is 11.1 Å². The van der Waals surface area contributed by atoms with Gasteiger partial charge in [0.05, 0.1) is 5.69 Å². The fourth-order valence-electron chi connectivity index (χ4n) is 3.46. The third-order valence-corrected chi connectivity index (χ3v) is 5.14. The Morgan fingerprint density at radius 1 is 1.25 bits per heavy atom. The topological polar surface area (TPSA) is 124 Å². The van der Waals surface area contributed by atoms with E-state index in [0.29, 0.717) is 12.4 Å². The number of likely N-dealkylation sites (N-methyl/N-ethyl adjacent to an activating group) is 1. The van der Waals surface area contributed by atoms with Crippen LogP contribution in [-0.4, -0.2) is 56.7 Å². The molecule has 1 aromatic carbocycles. The molecule has 3 N–H and O–H groups in total. The molecule has 0 aliphatic carbocycles. The van der Waals surface area contributed by atoms with E-state index in [9.17, 15) is 9.59 Å². The molecule has 3 aromatic heterocycles. The van der Waals surface area contributed by atoms with Gasteiger partial charge in [-0.15, -0.1) is 0 Å². The SMILES string of the molecule is CCn1cc(NC(=O)c2coc(-c3cccc4c3ccn4CCN(C)C)n2)c(C(N)=O)n1. The average molecular weight is 435 g/mol. The van der Waals surface area contributed by atoms with Crippen molar-refractivity contribution >= 4 is 28.4 Å². The maximum Gasteiger partial charge on any atom is 0.277 e. The van der Waals surface area contributed by atoms with E-state index in [4.69, 9.17) is 10.2 Å². The highest BCUT2D eigenvalue weighted by Gasteiger charge is 2.20. The van der Waals surface area contributed by atoms with Crippen molar-refractivity contribution in [3.8, 4) is 11.5 Å². The van der Waals surface area contributed by atoms with Gasteiger partial charge in [0.2, 0.25) is 5.89 Å². The number of carbonyl (C=O) groups is 2. The number of oxazole rings is 1. The van der Waals surface area contributed by atoms with Gasteiger partial charge in [-0.1, -0.05) is 6.07 Å². The van der Waals surface area contributed by atoms with Crippen LogP contribution in [0.15, 0.2) is 47.3 Å². The molecule has 0 saturated heterocycles. The van der Waals surface area contributed by atoms with Gasteiger partial charge in [-0.2, -0.15) is 5.10 Å². The first-order valence-corrected chi connectivity index (χ1v) is 10.2. The number of aryl methyl sites for hydroxylation is 1. The Hall–Kier alpha value is -3.92. The summed E-state index contributed by atoms with van der Waals surface area (Å²) >= 11 is 0. The van der Waals surface area contributed by atoms with Crippen LogP contribution in [0.5, 0.6) is 0 Å². The zero-order valence-corrected chi connectivity index (χ0v) is 18.2. The molecular weight excluding hydrogens is 410 g/mol. The van der Waals surface area contributed by atoms with Gasteiger partial charge >= 0.3 is 0 Å². The highest BCUT2D eigenvalue weighted by Crippen LogP contribution is 2.29. The first-order valence-electron chi connectivity index (χ1n) is 10.2. The first kappa shape index (κ1) is 21.3. The first-order chi connectivity index (χ1) is 15.4. The number of nitrogens with one attached hydrogen (secondary N) is 1. The molecule has 4 aromatic rings. The van der Waals surface area contributed by atoms with E-state index in [1.54, 1.807) is 6.20 Å². The number of primary amides is 1. The van der Waals surface area contributed by atoms with Crippen LogP contribution in [0, 0.1) is 0 Å². The number of nitrogens with zero attached hydrogens (tertiary/aromatic N) is 5. The average Bonchev–Trinajstić information content (AvgIpc) is 3.50. The van der Waals surface area contributed by atoms with Crippen LogP contribution in [0.1, 0.15) is 27.9 Å². The quantitative estimate of drug-likeness (QED) is 0.438. The van der Waals surface area contributed by atoms with Crippen LogP contribution in [0.25, 0.3) is 22.4 Å². The summed E-state index contributed by atoms with van der Waals surface area (Å²) < 4.78 is 9.32. The molecule has 2 amide bonds. The fraction of sp³-hybridized carbons (Fsp3) is 0.273. The Balaban J connectivity index is 1.59. The number of fused-ring (bicyclic) bond motifs is 1. The molecule has 0 atom stereocenters. The maximum atomic E-state index is 12.7. The van der Waals surface area contributed by atoms with Gasteiger partial charge in [0.1, 0.15) is 6.26 Å². The summed E-state index contributed by atoms with van der Waals surface area (Å²) in [5, 5.41) is 7.70. The number of rotatable bonds is 8. The number of carbonyl (C=O) groups excluding carboxylic acids is 2. The van der Waals surface area contributed by atoms with Gasteiger partial charge in [0, 0.05) is 48.5 Å². The lowest BCUT2D eigenvalue weighted by molar-refractivity contribution is 0.0995. The smallest absolute Gasteiger partial charge is 0.277 e. The van der Waals surface area contributed by atoms with E-state index >= 15 is 0 Å². The Morgan fingerprint density at radius 2 is 2.06 bits per heavy atom. The van der Waals surface area contributed by atoms with Gasteiger partial charge in [-0.3, -0.25) is 14.3 Å². The van der Waals surface area contributed by atoms with Crippen molar-refractivity contribution in [2.75, 3.05) is 26.0 Å². The fourth-order valence-corrected chi connectivity index (χ4v) is 3.46. The van der Waals surface area contributed by atoms with Gasteiger partial charge in [-0.05, 0) is 39.2 Å². The van der Waals surface area contributed by atoms with Crippen LogP contribution in [-0.2, 0) is 13.1 Å². The highest BCUT2D eigenvalue weighted by molar-refractivity contribution is 6.07. The van der Waals surface area contributed by atoms with E-state index in [-0.39, 0.29) is 17.1 Å². The lowest BCUT2D eigenvalue weighted by atomic mass is 10.1. The number of benzene rings is 1. The minimum Gasteiger partial charge on any atom is -0.444 e. The minimum atomic E-state index is -0.723. The maximum absolute atomic E-state index is 12.7. The van der Waals surface area contributed by atoms with Gasteiger partial charge in [-0.25, -0.2) is 4.98 Å². The molecule has 0 bridgehead atoms. The van der Waals surface area contributed by atoms with Crippen LogP contribution in [0.3, 0.4) is 0 Å². The number of hydrogen-bond acceptors (Lipinski definition) is 6. The van der Waals surface area contributed by atoms with Gasteiger partial charge in [0.25, 0.3) is 11.8 Å². The molecule has 0 spiro atoms. The van der Waals surface area contributed by atoms with Gasteiger partial charge in [0.15, 0.2) is 11.4 Å². The van der Waals surface area contributed by atoms with Gasteiger partial charge < -0.3 is 24.9 Å². The van der Waals surface area contributed by atoms with Crippen LogP contribution >= 0.6 is 0 Å². The molecule has 0 aliphatic rings. The van der Waals surface area contributed by atoms with Crippen LogP contribution in [0.2, 0.25) is 0 Å². The van der Waals surface area contributed by atoms with Crippen molar-refractivity contribution < 1.29 is 14.0 Å². The lowest BCUT2D eigenvalue weighted by Crippen LogP contribution is -2.18. The molecule has 0 radical (unpaired) electrons. The highest BCUT2D eigenvalue weighted by atomic mass is 16.3. The molecule has 0 fully saturated rings. The van der Waals surface area contributed by atoms with Crippen molar-refractivity contribution in [1.29, 1.82) is 0 Å². The molecule has 0 saturated carbocycles. The summed E-state index contributed by atoms with van der Waals surface area (Å²) in [6.07, 6.45) is 4.88. The summed E-state index contributed by atoms with van der Waals surface area (Å²) in [6.45, 7) is 4.16. The molecule has 4 rings (SSSR count). The van der Waals surface area contributed by atoms with Crippen LogP contribution in [0.4, 0.5) is 5.69 Å². The number of amides is 2. The molecule has 3 heterocycles. The van der Waals surface area contributed by atoms with E-state index in [1.165, 1.54) is 10.9 Å². The van der Waals surface area contributed by atoms with Crippen molar-refractivity contribution in [3.05, 3.63) is 54.3 Å². The largest absolute Gasteiger partial charge is 0.444 e. The predicted octanol–water partition coefficient (Wildman–Crippen LogP) is 2.43. The minimum absolute atomic E-state index is 0.00671. The summed E-state index contributed by atoms with van der Waals surface area (Å²) in [6, 6.07) is 7.90. The predicted molar refractivity (Wildman–Crippen MR) is 120 cm³/mol. The number of hydrogen-bond donors (Lipinski definition) is 2. The summed E-state index contributed by atoms with van der Waals surface area (Å²) in [7, 11) is 4.08. The normalized spacial score (nSPS) is 11.4. The molecule has 10 heteroatoms. The third kappa shape index (κ3) is 4.12. The summed E-state index contributed by atoms with van der Waals surface area (Å²) in [4.78, 5) is 30.8. The van der Waals surface area contributed by atoms with Crippen molar-refractivity contribution in [2.45, 2.75) is 20.0 Å². The van der Waals surface area contributed by atoms with E-state index in [2.05, 4.69) is 24.9 Å².